The highest BCUT2D eigenvalue weighted by Gasteiger charge is 2.32. The second-order valence-corrected chi connectivity index (χ2v) is 9.01. The Bertz CT molecular complexity index is 1230. The highest BCUT2D eigenvalue weighted by atomic mass is 16.4. The van der Waals surface area contributed by atoms with E-state index >= 15 is 0 Å². The number of nitrogens with zero attached hydrogens (tertiary/aromatic N) is 4. The predicted molar refractivity (Wildman–Crippen MR) is 121 cm³/mol. The smallest absolute Gasteiger partial charge is 0.412 e. The van der Waals surface area contributed by atoms with Crippen molar-refractivity contribution in [3.8, 4) is 0 Å². The lowest BCUT2D eigenvalue weighted by atomic mass is 9.92. The van der Waals surface area contributed by atoms with E-state index in [1.54, 1.807) is 16.8 Å². The Morgan fingerprint density at radius 3 is 2.78 bits per heavy atom. The normalized spacial score (nSPS) is 23.3. The SMILES string of the molecule is CC1CCc2c(ccc3c2nc(Cn2ccccc2=O)n3[C@@H]2CCC[C@H](O)C2)N1C(=O)O. The van der Waals surface area contributed by atoms with Crippen LogP contribution in [0.2, 0.25) is 0 Å². The number of hydrogen-bond donors (Lipinski definition) is 2. The van der Waals surface area contributed by atoms with Crippen LogP contribution in [0.4, 0.5) is 10.5 Å². The number of imidazole rings is 1. The Morgan fingerprint density at radius 1 is 1.19 bits per heavy atom. The molecule has 3 heterocycles. The summed E-state index contributed by atoms with van der Waals surface area (Å²) in [5.74, 6) is 0.765. The molecular formula is C24H28N4O4. The maximum Gasteiger partial charge on any atom is 0.412 e. The summed E-state index contributed by atoms with van der Waals surface area (Å²) in [7, 11) is 0. The minimum atomic E-state index is -0.955. The van der Waals surface area contributed by atoms with Crippen molar-refractivity contribution in [2.24, 2.45) is 0 Å². The molecule has 1 fully saturated rings. The van der Waals surface area contributed by atoms with Gasteiger partial charge >= 0.3 is 6.09 Å². The fraction of sp³-hybridized carbons (Fsp3) is 0.458. The third-order valence-electron chi connectivity index (χ3n) is 6.93. The molecule has 5 rings (SSSR count). The summed E-state index contributed by atoms with van der Waals surface area (Å²) in [6.45, 7) is 2.26. The van der Waals surface area contributed by atoms with Crippen LogP contribution in [0.15, 0.2) is 41.3 Å². The molecule has 3 atom stereocenters. The van der Waals surface area contributed by atoms with Crippen LogP contribution >= 0.6 is 0 Å². The van der Waals surface area contributed by atoms with Crippen molar-refractivity contribution in [1.82, 2.24) is 14.1 Å². The summed E-state index contributed by atoms with van der Waals surface area (Å²) in [5.41, 5.74) is 3.30. The lowest BCUT2D eigenvalue weighted by Gasteiger charge is -2.33. The standard InChI is InChI=1S/C24H28N4O4/c1-15-8-9-18-19(27(15)24(31)32)10-11-20-23(18)25-21(14-26-12-3-2-7-22(26)30)28(20)16-5-4-6-17(29)13-16/h2-3,7,10-12,15-17,29H,4-6,8-9,13-14H2,1H3,(H,31,32)/t15?,16-,17+/m1/s1. The molecule has 2 aliphatic rings. The summed E-state index contributed by atoms with van der Waals surface area (Å²) in [5, 5.41) is 20.1. The van der Waals surface area contributed by atoms with E-state index < -0.39 is 6.09 Å². The summed E-state index contributed by atoms with van der Waals surface area (Å²) in [4.78, 5) is 30.7. The van der Waals surface area contributed by atoms with Crippen LogP contribution in [-0.2, 0) is 13.0 Å². The van der Waals surface area contributed by atoms with Gasteiger partial charge in [-0.2, -0.15) is 0 Å². The number of hydrogen-bond acceptors (Lipinski definition) is 4. The zero-order valence-corrected chi connectivity index (χ0v) is 18.1. The van der Waals surface area contributed by atoms with Gasteiger partial charge in [-0.05, 0) is 63.6 Å². The van der Waals surface area contributed by atoms with E-state index in [1.165, 1.54) is 11.0 Å². The molecule has 3 aromatic rings. The number of fused-ring (bicyclic) bond motifs is 3. The van der Waals surface area contributed by atoms with Crippen LogP contribution in [0.5, 0.6) is 0 Å². The van der Waals surface area contributed by atoms with Crippen molar-refractivity contribution in [2.45, 2.75) is 70.2 Å². The first kappa shape index (κ1) is 20.8. The average molecular weight is 437 g/mol. The molecule has 2 N–H and O–H groups in total. The molecule has 0 saturated heterocycles. The van der Waals surface area contributed by atoms with Gasteiger partial charge in [0.2, 0.25) is 0 Å². The van der Waals surface area contributed by atoms with Crippen LogP contribution in [0.1, 0.15) is 56.5 Å². The second kappa shape index (κ2) is 8.09. The van der Waals surface area contributed by atoms with Gasteiger partial charge in [0.25, 0.3) is 5.56 Å². The maximum atomic E-state index is 12.4. The number of aliphatic hydroxyl groups excluding tert-OH is 1. The fourth-order valence-electron chi connectivity index (χ4n) is 5.37. The highest BCUT2D eigenvalue weighted by Crippen LogP contribution is 2.39. The molecule has 8 heteroatoms. The molecule has 32 heavy (non-hydrogen) atoms. The van der Waals surface area contributed by atoms with Gasteiger partial charge in [0.05, 0.1) is 29.4 Å². The van der Waals surface area contributed by atoms with Crippen molar-refractivity contribution in [3.05, 3.63) is 58.3 Å². The molecule has 1 saturated carbocycles. The van der Waals surface area contributed by atoms with Crippen LogP contribution in [0.3, 0.4) is 0 Å². The van der Waals surface area contributed by atoms with Crippen molar-refractivity contribution < 1.29 is 15.0 Å². The lowest BCUT2D eigenvalue weighted by molar-refractivity contribution is 0.104. The van der Waals surface area contributed by atoms with E-state index in [9.17, 15) is 19.8 Å². The predicted octanol–water partition coefficient (Wildman–Crippen LogP) is 3.54. The van der Waals surface area contributed by atoms with Gasteiger partial charge in [-0.3, -0.25) is 9.69 Å². The first-order valence-electron chi connectivity index (χ1n) is 11.3. The zero-order valence-electron chi connectivity index (χ0n) is 18.1. The first-order valence-corrected chi connectivity index (χ1v) is 11.3. The number of carbonyl (C=O) groups is 1. The molecule has 168 valence electrons. The Kier molecular flexibility index (Phi) is 5.25. The van der Waals surface area contributed by atoms with E-state index in [0.717, 1.165) is 54.5 Å². The van der Waals surface area contributed by atoms with Gasteiger partial charge in [-0.25, -0.2) is 9.78 Å². The van der Waals surface area contributed by atoms with Crippen molar-refractivity contribution in [1.29, 1.82) is 0 Å². The van der Waals surface area contributed by atoms with Crippen molar-refractivity contribution in [2.75, 3.05) is 4.90 Å². The number of rotatable bonds is 3. The van der Waals surface area contributed by atoms with Crippen LogP contribution < -0.4 is 10.5 Å². The van der Waals surface area contributed by atoms with Gasteiger partial charge in [-0.15, -0.1) is 0 Å². The monoisotopic (exact) mass is 436 g/mol. The minimum Gasteiger partial charge on any atom is -0.465 e. The molecule has 1 unspecified atom stereocenters. The summed E-state index contributed by atoms with van der Waals surface area (Å²) < 4.78 is 3.82. The number of amides is 1. The molecule has 0 bridgehead atoms. The van der Waals surface area contributed by atoms with Gasteiger partial charge in [0.1, 0.15) is 5.82 Å². The largest absolute Gasteiger partial charge is 0.465 e. The summed E-state index contributed by atoms with van der Waals surface area (Å²) in [6.07, 6.45) is 5.27. The number of aryl methyl sites for hydroxylation is 1. The first-order chi connectivity index (χ1) is 15.4. The van der Waals surface area contributed by atoms with Crippen LogP contribution in [0, 0.1) is 0 Å². The van der Waals surface area contributed by atoms with Gasteiger partial charge < -0.3 is 19.3 Å². The third kappa shape index (κ3) is 3.48. The molecule has 1 aliphatic carbocycles. The van der Waals surface area contributed by atoms with Crippen molar-refractivity contribution >= 4 is 22.8 Å². The molecule has 1 aliphatic heterocycles. The van der Waals surface area contributed by atoms with Gasteiger partial charge in [0.15, 0.2) is 0 Å². The number of carboxylic acid groups (broad SMARTS) is 1. The molecule has 0 radical (unpaired) electrons. The second-order valence-electron chi connectivity index (χ2n) is 9.01. The zero-order chi connectivity index (χ0) is 22.4. The van der Waals surface area contributed by atoms with E-state index in [-0.39, 0.29) is 23.7 Å². The van der Waals surface area contributed by atoms with Crippen LogP contribution in [0.25, 0.3) is 11.0 Å². The molecule has 1 amide bonds. The van der Waals surface area contributed by atoms with E-state index in [2.05, 4.69) is 4.57 Å². The lowest BCUT2D eigenvalue weighted by Crippen LogP contribution is -2.41. The minimum absolute atomic E-state index is 0.0876. The topological polar surface area (TPSA) is 101 Å². The van der Waals surface area contributed by atoms with Gasteiger partial charge in [0, 0.05) is 29.9 Å². The molecular weight excluding hydrogens is 408 g/mol. The summed E-state index contributed by atoms with van der Waals surface area (Å²) in [6, 6.07) is 8.92. The molecule has 8 nitrogen and oxygen atoms in total. The average Bonchev–Trinajstić information content (AvgIpc) is 3.13. The number of benzene rings is 1. The summed E-state index contributed by atoms with van der Waals surface area (Å²) >= 11 is 0. The third-order valence-corrected chi connectivity index (χ3v) is 6.93. The quantitative estimate of drug-likeness (QED) is 0.654. The number of aliphatic hydroxyl groups is 1. The highest BCUT2D eigenvalue weighted by molar-refractivity contribution is 5.94. The van der Waals surface area contributed by atoms with Crippen molar-refractivity contribution in [3.63, 3.8) is 0 Å². The van der Waals surface area contributed by atoms with Crippen LogP contribution in [-0.4, -0.2) is 42.6 Å². The Labute approximate surface area is 185 Å². The number of anilines is 1. The maximum absolute atomic E-state index is 12.4. The van der Waals surface area contributed by atoms with Gasteiger partial charge in [-0.1, -0.05) is 6.07 Å². The van der Waals surface area contributed by atoms with E-state index in [0.29, 0.717) is 18.7 Å². The molecule has 0 spiro atoms. The number of aromatic nitrogens is 3. The molecule has 2 aromatic heterocycles. The van der Waals surface area contributed by atoms with E-state index in [1.807, 2.05) is 25.1 Å². The molecule has 1 aromatic carbocycles. The Morgan fingerprint density at radius 2 is 2.03 bits per heavy atom. The fourth-order valence-corrected chi connectivity index (χ4v) is 5.37. The van der Waals surface area contributed by atoms with E-state index in [4.69, 9.17) is 4.98 Å². The number of pyridine rings is 1. The Hall–Kier alpha value is -3.13. The Balaban J connectivity index is 1.69.